The molecule has 0 saturated carbocycles. The predicted octanol–water partition coefficient (Wildman–Crippen LogP) is 2.64. The smallest absolute Gasteiger partial charge is 0.0585 e. The standard InChI is InChI=1S/C34H52N12/c1-43-15-5-16-44(2)28-32-21-39-11-13-41-25-34(26-42-14-12-40-22-32)30-46(4)18-6-17-45(3)29-33-23-37-9-7-35-19-31(27-43)20-36-8-10-38-24-33/h19-30H,5-18H2,1-4H3. The molecule has 0 spiro atoms. The zero-order valence-corrected chi connectivity index (χ0v) is 28.2. The van der Waals surface area contributed by atoms with Crippen LogP contribution in [-0.4, -0.2) is 176 Å². The first-order valence-electron chi connectivity index (χ1n) is 16.1. The molecule has 6 aliphatic heterocycles. The van der Waals surface area contributed by atoms with Gasteiger partial charge in [-0.3, -0.25) is 39.9 Å². The van der Waals surface area contributed by atoms with Gasteiger partial charge in [0.05, 0.1) is 52.4 Å². The van der Waals surface area contributed by atoms with Crippen molar-refractivity contribution in [3.8, 4) is 0 Å². The SMILES string of the molecule is CN1C=C2C=NCCN=CC(=CN(C)CCCN(C)C=C3C=NCCN=CC(=CN(C)CCC1)C=NCCN=C3)C=NCCN=C2. The molecule has 0 radical (unpaired) electrons. The molecule has 12 nitrogen and oxygen atoms in total. The lowest BCUT2D eigenvalue weighted by Gasteiger charge is -2.19. The topological polar surface area (TPSA) is 112 Å². The van der Waals surface area contributed by atoms with Gasteiger partial charge >= 0.3 is 0 Å². The molecule has 0 amide bonds. The second-order valence-corrected chi connectivity index (χ2v) is 11.4. The molecule has 6 heterocycles. The highest BCUT2D eigenvalue weighted by molar-refractivity contribution is 6.05. The first-order chi connectivity index (χ1) is 22.5. The molecular formula is C34H52N12. The molecule has 0 fully saturated rings. The first-order valence-corrected chi connectivity index (χ1v) is 16.1. The van der Waals surface area contributed by atoms with Gasteiger partial charge in [-0.15, -0.1) is 0 Å². The highest BCUT2D eigenvalue weighted by Crippen LogP contribution is 2.02. The fraction of sp³-hybridized carbons (Fsp3) is 0.529. The van der Waals surface area contributed by atoms with Crippen LogP contribution >= 0.6 is 0 Å². The molecule has 0 aromatic rings. The zero-order valence-electron chi connectivity index (χ0n) is 28.2. The van der Waals surface area contributed by atoms with Crippen molar-refractivity contribution in [3.63, 3.8) is 0 Å². The summed E-state index contributed by atoms with van der Waals surface area (Å²) in [4.78, 5) is 45.6. The number of hydrogen-bond acceptors (Lipinski definition) is 12. The summed E-state index contributed by atoms with van der Waals surface area (Å²) >= 11 is 0. The molecule has 0 unspecified atom stereocenters. The summed E-state index contributed by atoms with van der Waals surface area (Å²) in [5.41, 5.74) is 3.84. The first kappa shape index (κ1) is 36.0. The van der Waals surface area contributed by atoms with Crippen LogP contribution in [0.15, 0.2) is 87.0 Å². The summed E-state index contributed by atoms with van der Waals surface area (Å²) in [5.74, 6) is 0. The van der Waals surface area contributed by atoms with E-state index in [-0.39, 0.29) is 0 Å². The molecule has 12 heteroatoms. The van der Waals surface area contributed by atoms with E-state index in [0.29, 0.717) is 52.4 Å². The van der Waals surface area contributed by atoms with Crippen LogP contribution in [0, 0.1) is 0 Å². The van der Waals surface area contributed by atoms with Gasteiger partial charge in [0.25, 0.3) is 0 Å². The molecule has 0 aromatic carbocycles. The Balaban J connectivity index is 1.84. The third-order valence-electron chi connectivity index (χ3n) is 6.88. The van der Waals surface area contributed by atoms with Crippen LogP contribution in [0.2, 0.25) is 0 Å². The van der Waals surface area contributed by atoms with Gasteiger partial charge in [0.15, 0.2) is 0 Å². The van der Waals surface area contributed by atoms with Crippen molar-refractivity contribution in [2.45, 2.75) is 12.8 Å². The Morgan fingerprint density at radius 2 is 0.500 bits per heavy atom. The Morgan fingerprint density at radius 1 is 0.326 bits per heavy atom. The van der Waals surface area contributed by atoms with Crippen LogP contribution in [0.5, 0.6) is 0 Å². The fourth-order valence-electron chi connectivity index (χ4n) is 4.64. The van der Waals surface area contributed by atoms with Crippen molar-refractivity contribution >= 4 is 49.7 Å². The van der Waals surface area contributed by atoms with Crippen LogP contribution in [0.3, 0.4) is 0 Å². The molecule has 0 aromatic heterocycles. The van der Waals surface area contributed by atoms with Crippen LogP contribution in [0.4, 0.5) is 0 Å². The largest absolute Gasteiger partial charge is 0.380 e. The van der Waals surface area contributed by atoms with Crippen molar-refractivity contribution in [1.82, 2.24) is 19.6 Å². The monoisotopic (exact) mass is 628 g/mol. The van der Waals surface area contributed by atoms with Gasteiger partial charge < -0.3 is 19.6 Å². The summed E-state index contributed by atoms with van der Waals surface area (Å²) in [7, 11) is 8.33. The van der Waals surface area contributed by atoms with E-state index in [2.05, 4.69) is 113 Å². The van der Waals surface area contributed by atoms with E-state index in [1.807, 2.05) is 49.7 Å². The van der Waals surface area contributed by atoms with Gasteiger partial charge in [-0.2, -0.15) is 0 Å². The van der Waals surface area contributed by atoms with Crippen molar-refractivity contribution in [3.05, 3.63) is 47.1 Å². The highest BCUT2D eigenvalue weighted by Gasteiger charge is 2.02. The second-order valence-electron chi connectivity index (χ2n) is 11.4. The molecule has 46 heavy (non-hydrogen) atoms. The van der Waals surface area contributed by atoms with E-state index in [4.69, 9.17) is 0 Å². The molecule has 0 atom stereocenters. The Kier molecular flexibility index (Phi) is 17.3. The number of allylic oxidation sites excluding steroid dienone is 4. The average Bonchev–Trinajstić information content (AvgIpc) is 3.01. The number of hydrogen-bond donors (Lipinski definition) is 0. The average molecular weight is 629 g/mol. The minimum absolute atomic E-state index is 0.606. The summed E-state index contributed by atoms with van der Waals surface area (Å²) in [6.07, 6.45) is 25.4. The van der Waals surface area contributed by atoms with Crippen molar-refractivity contribution in [1.29, 1.82) is 0 Å². The zero-order chi connectivity index (χ0) is 32.7. The number of nitrogens with zero attached hydrogens (tertiary/aromatic N) is 12. The molecule has 0 aliphatic carbocycles. The number of aliphatic imine (C=N–C) groups is 8. The van der Waals surface area contributed by atoms with Crippen LogP contribution < -0.4 is 0 Å². The Morgan fingerprint density at radius 3 is 0.674 bits per heavy atom. The Labute approximate surface area is 275 Å². The van der Waals surface area contributed by atoms with E-state index in [1.165, 1.54) is 0 Å². The van der Waals surface area contributed by atoms with Gasteiger partial charge in [0.1, 0.15) is 0 Å². The molecular weight excluding hydrogens is 576 g/mol. The van der Waals surface area contributed by atoms with E-state index in [0.717, 1.165) is 61.3 Å². The van der Waals surface area contributed by atoms with E-state index < -0.39 is 0 Å². The lowest BCUT2D eigenvalue weighted by atomic mass is 10.3. The van der Waals surface area contributed by atoms with E-state index >= 15 is 0 Å². The summed E-state index contributed by atoms with van der Waals surface area (Å²) < 4.78 is 0. The fourth-order valence-corrected chi connectivity index (χ4v) is 4.64. The second kappa shape index (κ2) is 22.1. The van der Waals surface area contributed by atoms with Gasteiger partial charge in [-0.1, -0.05) is 0 Å². The van der Waals surface area contributed by atoms with Gasteiger partial charge in [-0.05, 0) is 12.8 Å². The van der Waals surface area contributed by atoms with Crippen LogP contribution in [0.1, 0.15) is 12.8 Å². The molecule has 0 N–H and O–H groups in total. The van der Waals surface area contributed by atoms with Gasteiger partial charge in [0.2, 0.25) is 0 Å². The molecule has 4 bridgehead atoms. The van der Waals surface area contributed by atoms with Crippen molar-refractivity contribution < 1.29 is 0 Å². The number of rotatable bonds is 0. The predicted molar refractivity (Wildman–Crippen MR) is 199 cm³/mol. The van der Waals surface area contributed by atoms with Gasteiger partial charge in [0, 0.05) is 151 Å². The Bertz CT molecular complexity index is 1020. The maximum Gasteiger partial charge on any atom is 0.0585 e. The Hall–Kier alpha value is -4.48. The third kappa shape index (κ3) is 16.6. The highest BCUT2D eigenvalue weighted by atomic mass is 15.1. The summed E-state index contributed by atoms with van der Waals surface area (Å²) in [6, 6.07) is 0. The molecule has 0 saturated heterocycles. The van der Waals surface area contributed by atoms with Crippen LogP contribution in [0.25, 0.3) is 0 Å². The van der Waals surface area contributed by atoms with Crippen LogP contribution in [-0.2, 0) is 0 Å². The van der Waals surface area contributed by atoms with E-state index in [9.17, 15) is 0 Å². The molecule has 6 aliphatic rings. The lowest BCUT2D eigenvalue weighted by molar-refractivity contribution is 0.381. The summed E-state index contributed by atoms with van der Waals surface area (Å²) in [6.45, 7) is 8.41. The normalized spacial score (nSPS) is 20.8. The third-order valence-corrected chi connectivity index (χ3v) is 6.88. The van der Waals surface area contributed by atoms with Crippen molar-refractivity contribution in [2.75, 3.05) is 107 Å². The quantitative estimate of drug-likeness (QED) is 0.411. The summed E-state index contributed by atoms with van der Waals surface area (Å²) in [5, 5.41) is 0. The molecule has 6 rings (SSSR count). The maximum atomic E-state index is 4.61. The van der Waals surface area contributed by atoms with E-state index in [1.54, 1.807) is 0 Å². The molecule has 248 valence electrons. The van der Waals surface area contributed by atoms with Gasteiger partial charge in [-0.25, -0.2) is 0 Å². The van der Waals surface area contributed by atoms with Crippen molar-refractivity contribution in [2.24, 2.45) is 39.9 Å². The minimum Gasteiger partial charge on any atom is -0.380 e. The maximum absolute atomic E-state index is 4.61. The lowest BCUT2D eigenvalue weighted by Crippen LogP contribution is -2.21. The minimum atomic E-state index is 0.606.